The summed E-state index contributed by atoms with van der Waals surface area (Å²) in [5.74, 6) is 0.146. The third-order valence-corrected chi connectivity index (χ3v) is 2.81. The average Bonchev–Trinajstić information content (AvgIpc) is 2.99. The van der Waals surface area contributed by atoms with Gasteiger partial charge in [0.05, 0.1) is 6.42 Å². The number of hydrogen-bond acceptors (Lipinski definition) is 1. The minimum Gasteiger partial charge on any atom is -0.481 e. The summed E-state index contributed by atoms with van der Waals surface area (Å²) in [7, 11) is 0. The second-order valence-corrected chi connectivity index (χ2v) is 3.95. The van der Waals surface area contributed by atoms with E-state index in [1.54, 1.807) is 0 Å². The van der Waals surface area contributed by atoms with Crippen molar-refractivity contribution in [2.75, 3.05) is 0 Å². The molecule has 0 bridgehead atoms. The third-order valence-electron chi connectivity index (χ3n) is 2.81. The molecule has 0 aliphatic heterocycles. The van der Waals surface area contributed by atoms with Crippen LogP contribution < -0.4 is 0 Å². The first-order chi connectivity index (χ1) is 6.77. The molecule has 2 nitrogen and oxygen atoms in total. The van der Waals surface area contributed by atoms with Crippen LogP contribution in [0.3, 0.4) is 0 Å². The first kappa shape index (κ1) is 9.25. The van der Waals surface area contributed by atoms with E-state index in [1.807, 2.05) is 30.3 Å². The van der Waals surface area contributed by atoms with Gasteiger partial charge in [0.1, 0.15) is 0 Å². The molecule has 1 N–H and O–H groups in total. The van der Waals surface area contributed by atoms with E-state index >= 15 is 0 Å². The molecule has 1 atom stereocenters. The highest BCUT2D eigenvalue weighted by atomic mass is 16.4. The zero-order valence-corrected chi connectivity index (χ0v) is 8.02. The topological polar surface area (TPSA) is 37.3 Å². The van der Waals surface area contributed by atoms with Gasteiger partial charge in [0.15, 0.2) is 0 Å². The Morgan fingerprint density at radius 1 is 1.36 bits per heavy atom. The maximum atomic E-state index is 10.7. The molecule has 0 unspecified atom stereocenters. The zero-order chi connectivity index (χ0) is 9.97. The van der Waals surface area contributed by atoms with E-state index < -0.39 is 5.97 Å². The Morgan fingerprint density at radius 2 is 2.00 bits per heavy atom. The van der Waals surface area contributed by atoms with Crippen LogP contribution in [0.4, 0.5) is 0 Å². The van der Waals surface area contributed by atoms with Crippen LogP contribution in [0.25, 0.3) is 0 Å². The molecular formula is C12H14O2. The van der Waals surface area contributed by atoms with Gasteiger partial charge in [-0.05, 0) is 30.2 Å². The summed E-state index contributed by atoms with van der Waals surface area (Å²) >= 11 is 0. The first-order valence-electron chi connectivity index (χ1n) is 5.04. The molecule has 2 heteroatoms. The van der Waals surface area contributed by atoms with Crippen LogP contribution in [0.1, 0.15) is 30.7 Å². The standard InChI is InChI=1S/C12H14O2/c13-12(14)8-11(10-6-7-10)9-4-2-1-3-5-9/h1-5,10-11H,6-8H2,(H,13,14)/t11-/m1/s1. The fourth-order valence-electron chi connectivity index (χ4n) is 1.94. The smallest absolute Gasteiger partial charge is 0.303 e. The maximum Gasteiger partial charge on any atom is 0.303 e. The van der Waals surface area contributed by atoms with Gasteiger partial charge < -0.3 is 5.11 Å². The molecule has 1 saturated carbocycles. The number of carboxylic acids is 1. The van der Waals surface area contributed by atoms with Crippen molar-refractivity contribution in [1.29, 1.82) is 0 Å². The predicted octanol–water partition coefficient (Wildman–Crippen LogP) is 2.65. The minimum atomic E-state index is -0.689. The molecule has 74 valence electrons. The summed E-state index contributed by atoms with van der Waals surface area (Å²) in [5.41, 5.74) is 1.18. The van der Waals surface area contributed by atoms with Crippen molar-refractivity contribution in [3.63, 3.8) is 0 Å². The van der Waals surface area contributed by atoms with E-state index in [2.05, 4.69) is 0 Å². The summed E-state index contributed by atoms with van der Waals surface area (Å²) in [4.78, 5) is 10.7. The molecule has 0 radical (unpaired) electrons. The molecule has 1 aromatic rings. The van der Waals surface area contributed by atoms with Gasteiger partial charge >= 0.3 is 5.97 Å². The van der Waals surface area contributed by atoms with Crippen molar-refractivity contribution in [1.82, 2.24) is 0 Å². The van der Waals surface area contributed by atoms with Gasteiger partial charge in [-0.15, -0.1) is 0 Å². The van der Waals surface area contributed by atoms with E-state index in [1.165, 1.54) is 18.4 Å². The zero-order valence-electron chi connectivity index (χ0n) is 8.02. The van der Waals surface area contributed by atoms with Crippen LogP contribution in [0.5, 0.6) is 0 Å². The van der Waals surface area contributed by atoms with Crippen molar-refractivity contribution >= 4 is 5.97 Å². The van der Waals surface area contributed by atoms with Gasteiger partial charge in [-0.3, -0.25) is 4.79 Å². The van der Waals surface area contributed by atoms with Crippen LogP contribution in [0, 0.1) is 5.92 Å². The monoisotopic (exact) mass is 190 g/mol. The fraction of sp³-hybridized carbons (Fsp3) is 0.417. The van der Waals surface area contributed by atoms with E-state index in [0.717, 1.165) is 0 Å². The van der Waals surface area contributed by atoms with Crippen molar-refractivity contribution in [3.8, 4) is 0 Å². The van der Waals surface area contributed by atoms with Gasteiger partial charge in [-0.2, -0.15) is 0 Å². The Labute approximate surface area is 83.6 Å². The van der Waals surface area contributed by atoms with Crippen LogP contribution in [0.15, 0.2) is 30.3 Å². The molecule has 0 spiro atoms. The number of aliphatic carboxylic acids is 1. The summed E-state index contributed by atoms with van der Waals surface area (Å²) in [6.45, 7) is 0. The molecular weight excluding hydrogens is 176 g/mol. The Morgan fingerprint density at radius 3 is 2.50 bits per heavy atom. The van der Waals surface area contributed by atoms with Crippen LogP contribution in [-0.4, -0.2) is 11.1 Å². The number of hydrogen-bond donors (Lipinski definition) is 1. The SMILES string of the molecule is O=C(O)C[C@H](c1ccccc1)C1CC1. The van der Waals surface area contributed by atoms with Crippen LogP contribution in [0.2, 0.25) is 0 Å². The van der Waals surface area contributed by atoms with Crippen molar-refractivity contribution in [3.05, 3.63) is 35.9 Å². The van der Waals surface area contributed by atoms with Crippen LogP contribution in [-0.2, 0) is 4.79 Å². The highest BCUT2D eigenvalue weighted by Crippen LogP contribution is 2.44. The molecule has 14 heavy (non-hydrogen) atoms. The lowest BCUT2D eigenvalue weighted by Crippen LogP contribution is -2.08. The average molecular weight is 190 g/mol. The molecule has 1 aliphatic rings. The van der Waals surface area contributed by atoms with Gasteiger partial charge in [0.2, 0.25) is 0 Å². The largest absolute Gasteiger partial charge is 0.481 e. The fourth-order valence-corrected chi connectivity index (χ4v) is 1.94. The summed E-state index contributed by atoms with van der Waals surface area (Å²) in [6, 6.07) is 9.99. The number of rotatable bonds is 4. The highest BCUT2D eigenvalue weighted by Gasteiger charge is 2.33. The lowest BCUT2D eigenvalue weighted by Gasteiger charge is -2.13. The molecule has 1 aromatic carbocycles. The van der Waals surface area contributed by atoms with Gasteiger partial charge in [-0.25, -0.2) is 0 Å². The Hall–Kier alpha value is -1.31. The van der Waals surface area contributed by atoms with Crippen molar-refractivity contribution in [2.24, 2.45) is 5.92 Å². The third kappa shape index (κ3) is 2.13. The molecule has 1 aliphatic carbocycles. The van der Waals surface area contributed by atoms with Crippen molar-refractivity contribution < 1.29 is 9.90 Å². The van der Waals surface area contributed by atoms with Gasteiger partial charge in [0.25, 0.3) is 0 Å². The Kier molecular flexibility index (Phi) is 2.53. The second kappa shape index (κ2) is 3.82. The number of carbonyl (C=O) groups is 1. The summed E-state index contributed by atoms with van der Waals surface area (Å²) in [5, 5.41) is 8.82. The molecule has 1 fully saturated rings. The number of benzene rings is 1. The normalized spacial score (nSPS) is 17.7. The quantitative estimate of drug-likeness (QED) is 0.792. The summed E-state index contributed by atoms with van der Waals surface area (Å²) in [6.07, 6.45) is 2.65. The molecule has 0 heterocycles. The summed E-state index contributed by atoms with van der Waals surface area (Å²) < 4.78 is 0. The first-order valence-corrected chi connectivity index (χ1v) is 5.04. The Balaban J connectivity index is 2.14. The molecule has 0 saturated heterocycles. The molecule has 0 aromatic heterocycles. The second-order valence-electron chi connectivity index (χ2n) is 3.95. The van der Waals surface area contributed by atoms with Gasteiger partial charge in [0, 0.05) is 0 Å². The lowest BCUT2D eigenvalue weighted by molar-refractivity contribution is -0.137. The molecule has 2 rings (SSSR count). The van der Waals surface area contributed by atoms with Crippen molar-refractivity contribution in [2.45, 2.75) is 25.2 Å². The maximum absolute atomic E-state index is 10.7. The predicted molar refractivity (Wildman–Crippen MR) is 54.2 cm³/mol. The van der Waals surface area contributed by atoms with E-state index in [-0.39, 0.29) is 12.3 Å². The van der Waals surface area contributed by atoms with E-state index in [4.69, 9.17) is 5.11 Å². The van der Waals surface area contributed by atoms with E-state index in [0.29, 0.717) is 5.92 Å². The van der Waals surface area contributed by atoms with Gasteiger partial charge in [-0.1, -0.05) is 30.3 Å². The number of carboxylic acid groups (broad SMARTS) is 1. The lowest BCUT2D eigenvalue weighted by atomic mass is 9.91. The minimum absolute atomic E-state index is 0.230. The Bertz CT molecular complexity index is 314. The molecule has 0 amide bonds. The van der Waals surface area contributed by atoms with E-state index in [9.17, 15) is 4.79 Å². The highest BCUT2D eigenvalue weighted by molar-refractivity contribution is 5.68. The van der Waals surface area contributed by atoms with Crippen LogP contribution >= 0.6 is 0 Å².